The van der Waals surface area contributed by atoms with Gasteiger partial charge in [0.1, 0.15) is 6.04 Å². The van der Waals surface area contributed by atoms with Crippen LogP contribution in [0.3, 0.4) is 0 Å². The van der Waals surface area contributed by atoms with Gasteiger partial charge in [-0.25, -0.2) is 4.99 Å². The number of rotatable bonds is 5. The second-order valence-electron chi connectivity index (χ2n) is 5.92. The summed E-state index contributed by atoms with van der Waals surface area (Å²) in [6.45, 7) is 6.86. The van der Waals surface area contributed by atoms with Crippen molar-refractivity contribution in [1.29, 1.82) is 0 Å². The van der Waals surface area contributed by atoms with Crippen LogP contribution in [0, 0.1) is 0 Å². The minimum Gasteiger partial charge on any atom is -0.480 e. The van der Waals surface area contributed by atoms with Crippen LogP contribution in [0.4, 0.5) is 5.82 Å². The molecule has 1 aliphatic heterocycles. The SMILES string of the molecule is C=Nc1[nH]ncc1C1=C(C)CN(C(C(=O)O)c2ccccc2)CC1. The fourth-order valence-electron chi connectivity index (χ4n) is 3.30. The van der Waals surface area contributed by atoms with Crippen molar-refractivity contribution >= 4 is 24.1 Å². The molecule has 6 heteroatoms. The highest BCUT2D eigenvalue weighted by Gasteiger charge is 2.30. The van der Waals surface area contributed by atoms with Gasteiger partial charge >= 0.3 is 5.97 Å². The van der Waals surface area contributed by atoms with Gasteiger partial charge < -0.3 is 5.11 Å². The molecular formula is C18H20N4O2. The number of nitrogens with one attached hydrogen (secondary N) is 1. The summed E-state index contributed by atoms with van der Waals surface area (Å²) in [5.74, 6) is -0.162. The number of benzene rings is 1. The Bertz CT molecular complexity index is 779. The van der Waals surface area contributed by atoms with Crippen molar-refractivity contribution < 1.29 is 9.90 Å². The molecule has 0 fully saturated rings. The van der Waals surface area contributed by atoms with Crippen LogP contribution >= 0.6 is 0 Å². The van der Waals surface area contributed by atoms with E-state index in [1.54, 1.807) is 6.20 Å². The lowest BCUT2D eigenvalue weighted by atomic mass is 9.93. The molecule has 1 unspecified atom stereocenters. The Hall–Kier alpha value is -2.73. The van der Waals surface area contributed by atoms with Crippen LogP contribution in [0.15, 0.2) is 47.1 Å². The average Bonchev–Trinajstić information content (AvgIpc) is 3.04. The molecule has 0 saturated carbocycles. The Morgan fingerprint density at radius 2 is 2.17 bits per heavy atom. The van der Waals surface area contributed by atoms with Gasteiger partial charge in [0.2, 0.25) is 0 Å². The summed E-state index contributed by atoms with van der Waals surface area (Å²) in [6.07, 6.45) is 2.51. The van der Waals surface area contributed by atoms with E-state index in [0.717, 1.165) is 23.1 Å². The lowest BCUT2D eigenvalue weighted by Crippen LogP contribution is -2.38. The molecule has 2 aromatic rings. The number of carboxylic acid groups (broad SMARTS) is 1. The third kappa shape index (κ3) is 3.00. The molecule has 124 valence electrons. The number of aromatic nitrogens is 2. The third-order valence-electron chi connectivity index (χ3n) is 4.42. The number of aliphatic imine (C=N–C) groups is 1. The van der Waals surface area contributed by atoms with Crippen LogP contribution in [0.25, 0.3) is 5.57 Å². The summed E-state index contributed by atoms with van der Waals surface area (Å²) in [7, 11) is 0. The Balaban J connectivity index is 1.89. The molecule has 2 heterocycles. The number of aromatic amines is 1. The highest BCUT2D eigenvalue weighted by atomic mass is 16.4. The van der Waals surface area contributed by atoms with Crippen LogP contribution in [-0.2, 0) is 4.79 Å². The van der Waals surface area contributed by atoms with Crippen LogP contribution in [0.1, 0.15) is 30.5 Å². The predicted octanol–water partition coefficient (Wildman–Crippen LogP) is 3.05. The molecule has 6 nitrogen and oxygen atoms in total. The molecule has 0 spiro atoms. The Morgan fingerprint density at radius 1 is 1.42 bits per heavy atom. The molecule has 0 amide bonds. The van der Waals surface area contributed by atoms with E-state index in [2.05, 4.69) is 21.9 Å². The summed E-state index contributed by atoms with van der Waals surface area (Å²) in [5, 5.41) is 16.6. The number of hydrogen-bond acceptors (Lipinski definition) is 4. The van der Waals surface area contributed by atoms with Gasteiger partial charge in [0.15, 0.2) is 5.82 Å². The quantitative estimate of drug-likeness (QED) is 0.828. The number of aliphatic carboxylic acids is 1. The summed E-state index contributed by atoms with van der Waals surface area (Å²) < 4.78 is 0. The standard InChI is InChI=1S/C18H20N4O2/c1-12-11-22(16(18(23)24)13-6-4-3-5-7-13)9-8-14(12)15-10-20-21-17(15)19-2/h3-7,10,16H,2,8-9,11H2,1H3,(H,20,21)(H,23,24). The maximum absolute atomic E-state index is 11.8. The van der Waals surface area contributed by atoms with Crippen molar-refractivity contribution in [2.24, 2.45) is 4.99 Å². The van der Waals surface area contributed by atoms with E-state index in [0.29, 0.717) is 18.9 Å². The van der Waals surface area contributed by atoms with Gasteiger partial charge in [-0.15, -0.1) is 0 Å². The van der Waals surface area contributed by atoms with Crippen molar-refractivity contribution in [2.45, 2.75) is 19.4 Å². The first-order valence-electron chi connectivity index (χ1n) is 7.82. The number of H-pyrrole nitrogens is 1. The van der Waals surface area contributed by atoms with Crippen LogP contribution < -0.4 is 0 Å². The molecule has 3 rings (SSSR count). The monoisotopic (exact) mass is 324 g/mol. The van der Waals surface area contributed by atoms with E-state index >= 15 is 0 Å². The molecule has 1 aliphatic rings. The molecule has 1 atom stereocenters. The zero-order chi connectivity index (χ0) is 17.1. The fraction of sp³-hybridized carbons (Fsp3) is 0.278. The van der Waals surface area contributed by atoms with Crippen molar-refractivity contribution in [1.82, 2.24) is 15.1 Å². The lowest BCUT2D eigenvalue weighted by Gasteiger charge is -2.34. The highest BCUT2D eigenvalue weighted by molar-refractivity contribution is 5.78. The van der Waals surface area contributed by atoms with Gasteiger partial charge in [-0.3, -0.25) is 14.8 Å². The summed E-state index contributed by atoms with van der Waals surface area (Å²) in [5.41, 5.74) is 4.06. The first-order chi connectivity index (χ1) is 11.6. The smallest absolute Gasteiger partial charge is 0.325 e. The van der Waals surface area contributed by atoms with E-state index in [-0.39, 0.29) is 0 Å². The van der Waals surface area contributed by atoms with E-state index < -0.39 is 12.0 Å². The van der Waals surface area contributed by atoms with Gasteiger partial charge in [0.05, 0.1) is 6.20 Å². The van der Waals surface area contributed by atoms with Gasteiger partial charge in [-0.1, -0.05) is 35.9 Å². The van der Waals surface area contributed by atoms with Crippen LogP contribution in [-0.4, -0.2) is 46.0 Å². The summed E-state index contributed by atoms with van der Waals surface area (Å²) in [6, 6.07) is 8.73. The number of carboxylic acids is 1. The Labute approximate surface area is 140 Å². The molecule has 24 heavy (non-hydrogen) atoms. The minimum atomic E-state index is -0.825. The van der Waals surface area contributed by atoms with E-state index in [9.17, 15) is 9.90 Å². The average molecular weight is 324 g/mol. The third-order valence-corrected chi connectivity index (χ3v) is 4.42. The van der Waals surface area contributed by atoms with Crippen molar-refractivity contribution in [3.8, 4) is 0 Å². The van der Waals surface area contributed by atoms with Crippen LogP contribution in [0.5, 0.6) is 0 Å². The maximum atomic E-state index is 11.8. The first kappa shape index (κ1) is 16.1. The molecule has 0 aliphatic carbocycles. The van der Waals surface area contributed by atoms with Crippen LogP contribution in [0.2, 0.25) is 0 Å². The second kappa shape index (κ2) is 6.80. The topological polar surface area (TPSA) is 81.6 Å². The van der Waals surface area contributed by atoms with E-state index in [1.165, 1.54) is 5.57 Å². The number of carbonyl (C=O) groups is 1. The predicted molar refractivity (Wildman–Crippen MR) is 93.4 cm³/mol. The van der Waals surface area contributed by atoms with Crippen molar-refractivity contribution in [3.63, 3.8) is 0 Å². The van der Waals surface area contributed by atoms with Gasteiger partial charge in [0, 0.05) is 18.7 Å². The molecule has 1 aromatic carbocycles. The minimum absolute atomic E-state index is 0.600. The van der Waals surface area contributed by atoms with Crippen molar-refractivity contribution in [2.75, 3.05) is 13.1 Å². The molecule has 0 saturated heterocycles. The number of nitrogens with zero attached hydrogens (tertiary/aromatic N) is 3. The van der Waals surface area contributed by atoms with Gasteiger partial charge in [-0.2, -0.15) is 5.10 Å². The summed E-state index contributed by atoms with van der Waals surface area (Å²) in [4.78, 5) is 17.8. The van der Waals surface area contributed by atoms with Gasteiger partial charge in [0.25, 0.3) is 0 Å². The normalized spacial score (nSPS) is 16.9. The second-order valence-corrected chi connectivity index (χ2v) is 5.92. The Morgan fingerprint density at radius 3 is 2.79 bits per heavy atom. The molecular weight excluding hydrogens is 304 g/mol. The molecule has 2 N–H and O–H groups in total. The molecule has 0 radical (unpaired) electrons. The maximum Gasteiger partial charge on any atom is 0.325 e. The zero-order valence-electron chi connectivity index (χ0n) is 13.6. The number of hydrogen-bond donors (Lipinski definition) is 2. The van der Waals surface area contributed by atoms with E-state index in [1.807, 2.05) is 42.2 Å². The van der Waals surface area contributed by atoms with Gasteiger partial charge in [-0.05, 0) is 31.2 Å². The molecule has 1 aromatic heterocycles. The molecule has 0 bridgehead atoms. The van der Waals surface area contributed by atoms with Crippen molar-refractivity contribution in [3.05, 3.63) is 53.2 Å². The summed E-state index contributed by atoms with van der Waals surface area (Å²) >= 11 is 0. The van der Waals surface area contributed by atoms with E-state index in [4.69, 9.17) is 0 Å². The fourth-order valence-corrected chi connectivity index (χ4v) is 3.30. The largest absolute Gasteiger partial charge is 0.480 e. The Kier molecular flexibility index (Phi) is 4.57. The highest BCUT2D eigenvalue weighted by Crippen LogP contribution is 2.34. The zero-order valence-corrected chi connectivity index (χ0v) is 13.6. The first-order valence-corrected chi connectivity index (χ1v) is 7.82. The lowest BCUT2D eigenvalue weighted by molar-refractivity contribution is -0.143.